The second-order valence-corrected chi connectivity index (χ2v) is 5.33. The van der Waals surface area contributed by atoms with E-state index in [9.17, 15) is 9.59 Å². The molecule has 0 aromatic carbocycles. The van der Waals surface area contributed by atoms with E-state index in [-0.39, 0.29) is 11.8 Å². The molecule has 120 valence electrons. The van der Waals surface area contributed by atoms with Gasteiger partial charge >= 0.3 is 0 Å². The van der Waals surface area contributed by atoms with Gasteiger partial charge in [0.25, 0.3) is 11.8 Å². The monoisotopic (exact) mass is 305 g/mol. The highest BCUT2D eigenvalue weighted by atomic mass is 16.5. The van der Waals surface area contributed by atoms with Crippen molar-refractivity contribution < 1.29 is 14.3 Å². The molecule has 6 heteroatoms. The van der Waals surface area contributed by atoms with Crippen LogP contribution in [0.4, 0.5) is 0 Å². The van der Waals surface area contributed by atoms with Gasteiger partial charge in [-0.25, -0.2) is 0 Å². The minimum Gasteiger partial charge on any atom is -0.378 e. The first-order chi connectivity index (χ1) is 10.7. The molecule has 0 saturated carbocycles. The lowest BCUT2D eigenvalue weighted by Crippen LogP contribution is -2.40. The van der Waals surface area contributed by atoms with Crippen molar-refractivity contribution in [2.75, 3.05) is 32.8 Å². The maximum Gasteiger partial charge on any atom is 0.255 e. The number of hydrogen-bond acceptors (Lipinski definition) is 4. The molecule has 1 aliphatic heterocycles. The van der Waals surface area contributed by atoms with Gasteiger partial charge in [0.05, 0.1) is 24.3 Å². The second-order valence-electron chi connectivity index (χ2n) is 5.33. The van der Waals surface area contributed by atoms with Crippen molar-refractivity contribution >= 4 is 11.8 Å². The lowest BCUT2D eigenvalue weighted by Gasteiger charge is -2.26. The highest BCUT2D eigenvalue weighted by Gasteiger charge is 2.19. The molecule has 0 bridgehead atoms. The van der Waals surface area contributed by atoms with E-state index in [0.29, 0.717) is 44.0 Å². The van der Waals surface area contributed by atoms with Crippen LogP contribution in [0.25, 0.3) is 0 Å². The number of unbranched alkanes of at least 4 members (excludes halogenated alkanes) is 2. The van der Waals surface area contributed by atoms with Crippen LogP contribution in [-0.4, -0.2) is 54.5 Å². The Labute approximate surface area is 130 Å². The first-order valence-electron chi connectivity index (χ1n) is 7.82. The molecule has 2 heterocycles. The van der Waals surface area contributed by atoms with Crippen LogP contribution in [-0.2, 0) is 4.74 Å². The quantitative estimate of drug-likeness (QED) is 0.808. The van der Waals surface area contributed by atoms with E-state index >= 15 is 0 Å². The largest absolute Gasteiger partial charge is 0.378 e. The molecule has 1 N–H and O–H groups in total. The fourth-order valence-corrected chi connectivity index (χ4v) is 2.31. The number of pyridine rings is 1. The molecule has 2 rings (SSSR count). The van der Waals surface area contributed by atoms with E-state index in [2.05, 4.69) is 17.2 Å². The molecule has 0 atom stereocenters. The summed E-state index contributed by atoms with van der Waals surface area (Å²) >= 11 is 0. The molecule has 6 nitrogen and oxygen atoms in total. The molecule has 1 aromatic rings. The maximum atomic E-state index is 12.4. The third-order valence-electron chi connectivity index (χ3n) is 3.61. The Hall–Kier alpha value is -1.95. The van der Waals surface area contributed by atoms with Crippen LogP contribution in [0.1, 0.15) is 46.9 Å². The van der Waals surface area contributed by atoms with Gasteiger partial charge in [0.15, 0.2) is 0 Å². The first kappa shape index (κ1) is 16.4. The van der Waals surface area contributed by atoms with E-state index in [0.717, 1.165) is 19.3 Å². The summed E-state index contributed by atoms with van der Waals surface area (Å²) in [5.74, 6) is -0.281. The number of morpholine rings is 1. The molecule has 1 aromatic heterocycles. The number of carbonyl (C=O) groups excluding carboxylic acids is 2. The summed E-state index contributed by atoms with van der Waals surface area (Å²) in [4.78, 5) is 30.2. The van der Waals surface area contributed by atoms with E-state index in [1.54, 1.807) is 11.0 Å². The van der Waals surface area contributed by atoms with E-state index in [4.69, 9.17) is 4.74 Å². The number of nitrogens with zero attached hydrogens (tertiary/aromatic N) is 2. The molecular formula is C16H23N3O3. The number of aromatic nitrogens is 1. The fraction of sp³-hybridized carbons (Fsp3) is 0.562. The summed E-state index contributed by atoms with van der Waals surface area (Å²) in [5.41, 5.74) is 0.874. The topological polar surface area (TPSA) is 71.5 Å². The normalized spacial score (nSPS) is 14.7. The molecule has 1 fully saturated rings. The highest BCUT2D eigenvalue weighted by Crippen LogP contribution is 2.09. The van der Waals surface area contributed by atoms with Crippen molar-refractivity contribution in [1.29, 1.82) is 0 Å². The fourth-order valence-electron chi connectivity index (χ4n) is 2.31. The van der Waals surface area contributed by atoms with Crippen LogP contribution in [0.5, 0.6) is 0 Å². The SMILES string of the molecule is CCCCCNC(=O)c1cncc(C(=O)N2CCOCC2)c1. The molecule has 22 heavy (non-hydrogen) atoms. The third-order valence-corrected chi connectivity index (χ3v) is 3.61. The number of amides is 2. The Morgan fingerprint density at radius 1 is 1.23 bits per heavy atom. The van der Waals surface area contributed by atoms with Gasteiger partial charge in [-0.3, -0.25) is 14.6 Å². The van der Waals surface area contributed by atoms with Crippen LogP contribution >= 0.6 is 0 Å². The molecule has 0 radical (unpaired) electrons. The number of nitrogens with one attached hydrogen (secondary N) is 1. The molecule has 0 unspecified atom stereocenters. The van der Waals surface area contributed by atoms with Crippen molar-refractivity contribution in [3.05, 3.63) is 29.6 Å². The van der Waals surface area contributed by atoms with Gasteiger partial charge in [-0.2, -0.15) is 0 Å². The number of hydrogen-bond donors (Lipinski definition) is 1. The lowest BCUT2D eigenvalue weighted by molar-refractivity contribution is 0.0302. The lowest BCUT2D eigenvalue weighted by atomic mass is 10.1. The zero-order valence-electron chi connectivity index (χ0n) is 13.0. The van der Waals surface area contributed by atoms with Gasteiger partial charge in [0.1, 0.15) is 0 Å². The maximum absolute atomic E-state index is 12.4. The average molecular weight is 305 g/mol. The van der Waals surface area contributed by atoms with Crippen molar-refractivity contribution in [2.45, 2.75) is 26.2 Å². The summed E-state index contributed by atoms with van der Waals surface area (Å²) in [6.45, 7) is 5.02. The van der Waals surface area contributed by atoms with Gasteiger partial charge in [-0.15, -0.1) is 0 Å². The Kier molecular flexibility index (Phi) is 6.33. The van der Waals surface area contributed by atoms with Gasteiger partial charge in [-0.1, -0.05) is 19.8 Å². The zero-order valence-corrected chi connectivity index (χ0v) is 13.0. The van der Waals surface area contributed by atoms with Crippen molar-refractivity contribution in [3.8, 4) is 0 Å². The Morgan fingerprint density at radius 3 is 2.68 bits per heavy atom. The molecule has 2 amide bonds. The van der Waals surface area contributed by atoms with Crippen LogP contribution in [0.3, 0.4) is 0 Å². The van der Waals surface area contributed by atoms with Gasteiger partial charge in [0.2, 0.25) is 0 Å². The standard InChI is InChI=1S/C16H23N3O3/c1-2-3-4-5-18-15(20)13-10-14(12-17-11-13)16(21)19-6-8-22-9-7-19/h10-12H,2-9H2,1H3,(H,18,20). The molecule has 1 saturated heterocycles. The summed E-state index contributed by atoms with van der Waals surface area (Å²) in [5, 5.41) is 2.86. The van der Waals surface area contributed by atoms with Crippen LogP contribution in [0.15, 0.2) is 18.5 Å². The van der Waals surface area contributed by atoms with Crippen LogP contribution in [0.2, 0.25) is 0 Å². The van der Waals surface area contributed by atoms with Gasteiger partial charge in [0, 0.05) is 32.0 Å². The minimum absolute atomic E-state index is 0.101. The van der Waals surface area contributed by atoms with Crippen molar-refractivity contribution in [1.82, 2.24) is 15.2 Å². The zero-order chi connectivity index (χ0) is 15.8. The molecule has 0 spiro atoms. The smallest absolute Gasteiger partial charge is 0.255 e. The van der Waals surface area contributed by atoms with E-state index in [1.807, 2.05) is 0 Å². The van der Waals surface area contributed by atoms with Gasteiger partial charge in [-0.05, 0) is 12.5 Å². The molecular weight excluding hydrogens is 282 g/mol. The number of ether oxygens (including phenoxy) is 1. The summed E-state index contributed by atoms with van der Waals surface area (Å²) < 4.78 is 5.24. The predicted octanol–water partition coefficient (Wildman–Crippen LogP) is 1.47. The number of carbonyl (C=O) groups is 2. The molecule has 0 aliphatic carbocycles. The third kappa shape index (κ3) is 4.53. The predicted molar refractivity (Wildman–Crippen MR) is 82.8 cm³/mol. The van der Waals surface area contributed by atoms with Crippen LogP contribution in [0, 0.1) is 0 Å². The summed E-state index contributed by atoms with van der Waals surface area (Å²) in [6.07, 6.45) is 6.16. The first-order valence-corrected chi connectivity index (χ1v) is 7.82. The van der Waals surface area contributed by atoms with Crippen molar-refractivity contribution in [2.24, 2.45) is 0 Å². The van der Waals surface area contributed by atoms with Crippen molar-refractivity contribution in [3.63, 3.8) is 0 Å². The highest BCUT2D eigenvalue weighted by molar-refractivity contribution is 5.99. The second kappa shape index (κ2) is 8.48. The summed E-state index contributed by atoms with van der Waals surface area (Å²) in [7, 11) is 0. The van der Waals surface area contributed by atoms with E-state index < -0.39 is 0 Å². The van der Waals surface area contributed by atoms with Gasteiger partial charge < -0.3 is 15.0 Å². The average Bonchev–Trinajstić information content (AvgIpc) is 2.59. The number of rotatable bonds is 6. The van der Waals surface area contributed by atoms with Crippen LogP contribution < -0.4 is 5.32 Å². The summed E-state index contributed by atoms with van der Waals surface area (Å²) in [6, 6.07) is 1.61. The molecule has 1 aliphatic rings. The Morgan fingerprint density at radius 2 is 1.95 bits per heavy atom. The minimum atomic E-state index is -0.180. The Bertz CT molecular complexity index is 513. The van der Waals surface area contributed by atoms with E-state index in [1.165, 1.54) is 12.4 Å². The Balaban J connectivity index is 1.96.